The maximum absolute atomic E-state index is 12.2. The highest BCUT2D eigenvalue weighted by molar-refractivity contribution is 7.91. The van der Waals surface area contributed by atoms with Gasteiger partial charge in [0, 0.05) is 13.0 Å². The largest absolute Gasteiger partial charge is 0.405 e. The predicted molar refractivity (Wildman–Crippen MR) is 88.7 cm³/mol. The highest BCUT2D eigenvalue weighted by Crippen LogP contribution is 2.28. The van der Waals surface area contributed by atoms with Gasteiger partial charge in [0.05, 0.1) is 10.6 Å². The number of hydrogen-bond acceptors (Lipinski definition) is 7. The van der Waals surface area contributed by atoms with E-state index in [2.05, 4.69) is 15.5 Å². The lowest BCUT2D eigenvalue weighted by Gasteiger charge is -2.05. The minimum atomic E-state index is -3.52. The molecule has 1 fully saturated rings. The fraction of sp³-hybridized carbons (Fsp3) is 0.438. The number of rotatable bonds is 6. The summed E-state index contributed by atoms with van der Waals surface area (Å²) >= 11 is 0. The quantitative estimate of drug-likeness (QED) is 0.833. The highest BCUT2D eigenvalue weighted by Gasteiger charge is 2.24. The predicted octanol–water partition coefficient (Wildman–Crippen LogP) is 2.03. The van der Waals surface area contributed by atoms with Gasteiger partial charge in [-0.05, 0) is 31.9 Å². The lowest BCUT2D eigenvalue weighted by Crippen LogP contribution is -2.17. The van der Waals surface area contributed by atoms with Crippen molar-refractivity contribution in [2.45, 2.75) is 37.2 Å². The average molecular weight is 365 g/mol. The number of ether oxygens (including phenoxy) is 1. The van der Waals surface area contributed by atoms with Gasteiger partial charge in [-0.15, -0.1) is 5.10 Å². The van der Waals surface area contributed by atoms with Crippen molar-refractivity contribution < 1.29 is 22.4 Å². The Bertz CT molecular complexity index is 839. The van der Waals surface area contributed by atoms with Crippen LogP contribution in [0, 0.1) is 6.92 Å². The normalized spacial score (nSPS) is 17.6. The Morgan fingerprint density at radius 2 is 2.04 bits per heavy atom. The minimum Gasteiger partial charge on any atom is -0.405 e. The van der Waals surface area contributed by atoms with Gasteiger partial charge >= 0.3 is 6.01 Å². The lowest BCUT2D eigenvalue weighted by atomic mass is 10.2. The van der Waals surface area contributed by atoms with Crippen LogP contribution in [0.5, 0.6) is 0 Å². The van der Waals surface area contributed by atoms with Gasteiger partial charge in [0.1, 0.15) is 6.10 Å². The number of aromatic nitrogens is 2. The summed E-state index contributed by atoms with van der Waals surface area (Å²) in [5.74, 6) is -0.479. The second-order valence-electron chi connectivity index (χ2n) is 5.88. The van der Waals surface area contributed by atoms with Crippen molar-refractivity contribution in [3.63, 3.8) is 0 Å². The van der Waals surface area contributed by atoms with Crippen LogP contribution in [-0.4, -0.2) is 36.9 Å². The second-order valence-corrected chi connectivity index (χ2v) is 7.99. The molecule has 1 aromatic heterocycles. The summed E-state index contributed by atoms with van der Waals surface area (Å²) in [6, 6.07) is 6.46. The highest BCUT2D eigenvalue weighted by atomic mass is 32.2. The summed E-state index contributed by atoms with van der Waals surface area (Å²) in [4.78, 5) is 12.1. The lowest BCUT2D eigenvalue weighted by molar-refractivity contribution is -0.116. The molecule has 0 spiro atoms. The molecule has 25 heavy (non-hydrogen) atoms. The van der Waals surface area contributed by atoms with Gasteiger partial charge in [0.2, 0.25) is 11.8 Å². The molecule has 1 amide bonds. The summed E-state index contributed by atoms with van der Waals surface area (Å²) < 4.78 is 35.2. The number of anilines is 1. The van der Waals surface area contributed by atoms with Crippen molar-refractivity contribution in [3.05, 3.63) is 35.7 Å². The maximum Gasteiger partial charge on any atom is 0.322 e. The van der Waals surface area contributed by atoms with E-state index in [9.17, 15) is 13.2 Å². The van der Waals surface area contributed by atoms with Crippen LogP contribution in [0.4, 0.5) is 6.01 Å². The summed E-state index contributed by atoms with van der Waals surface area (Å²) in [6.07, 6.45) is 1.28. The monoisotopic (exact) mass is 365 g/mol. The molecule has 1 N–H and O–H groups in total. The summed E-state index contributed by atoms with van der Waals surface area (Å²) in [5.41, 5.74) is 0.968. The van der Waals surface area contributed by atoms with E-state index in [4.69, 9.17) is 9.15 Å². The number of nitrogens with zero attached hydrogens (tertiary/aromatic N) is 2. The van der Waals surface area contributed by atoms with Crippen LogP contribution >= 0.6 is 0 Å². The number of aryl methyl sites for hydroxylation is 1. The summed E-state index contributed by atoms with van der Waals surface area (Å²) in [5, 5.41) is 10.00. The van der Waals surface area contributed by atoms with Crippen molar-refractivity contribution in [1.82, 2.24) is 10.2 Å². The molecule has 8 nitrogen and oxygen atoms in total. The van der Waals surface area contributed by atoms with E-state index in [0.717, 1.165) is 18.4 Å². The van der Waals surface area contributed by atoms with E-state index >= 15 is 0 Å². The Kier molecular flexibility index (Phi) is 5.14. The topological polar surface area (TPSA) is 111 Å². The van der Waals surface area contributed by atoms with Gasteiger partial charge in [-0.1, -0.05) is 22.8 Å². The molecule has 134 valence electrons. The van der Waals surface area contributed by atoms with E-state index in [1.54, 1.807) is 12.1 Å². The zero-order valence-corrected chi connectivity index (χ0v) is 14.6. The van der Waals surface area contributed by atoms with Crippen LogP contribution in [0.3, 0.4) is 0 Å². The molecule has 1 saturated heterocycles. The number of nitrogens with one attached hydrogen (secondary N) is 1. The van der Waals surface area contributed by atoms with Crippen LogP contribution in [0.1, 0.15) is 36.8 Å². The Labute approximate surface area is 145 Å². The standard InChI is InChI=1S/C16H19N3O5S/c1-11-4-6-12(7-5-11)25(21,22)10-8-14(20)17-16-19-18-15(24-16)13-3-2-9-23-13/h4-7,13H,2-3,8-10H2,1H3,(H,17,19,20). The van der Waals surface area contributed by atoms with Crippen LogP contribution in [-0.2, 0) is 19.4 Å². The molecule has 0 aliphatic carbocycles. The zero-order valence-electron chi connectivity index (χ0n) is 13.8. The number of amides is 1. The van der Waals surface area contributed by atoms with Crippen molar-refractivity contribution in [1.29, 1.82) is 0 Å². The van der Waals surface area contributed by atoms with Crippen LogP contribution < -0.4 is 5.32 Å². The number of sulfone groups is 1. The molecule has 1 aliphatic heterocycles. The zero-order chi connectivity index (χ0) is 17.9. The van der Waals surface area contributed by atoms with Crippen molar-refractivity contribution in [3.8, 4) is 0 Å². The molecule has 0 bridgehead atoms. The molecule has 0 radical (unpaired) electrons. The fourth-order valence-corrected chi connectivity index (χ4v) is 3.70. The number of benzene rings is 1. The third kappa shape index (κ3) is 4.43. The first-order valence-electron chi connectivity index (χ1n) is 7.98. The van der Waals surface area contributed by atoms with Gasteiger partial charge in [-0.2, -0.15) is 0 Å². The average Bonchev–Trinajstić information content (AvgIpc) is 3.25. The molecular weight excluding hydrogens is 346 g/mol. The first kappa shape index (κ1) is 17.6. The summed E-state index contributed by atoms with van der Waals surface area (Å²) in [7, 11) is -3.52. The van der Waals surface area contributed by atoms with Crippen molar-refractivity contribution in [2.24, 2.45) is 0 Å². The SMILES string of the molecule is Cc1ccc(S(=O)(=O)CCC(=O)Nc2nnc(C3CCCO3)o2)cc1. The molecule has 3 rings (SSSR count). The van der Waals surface area contributed by atoms with Crippen molar-refractivity contribution in [2.75, 3.05) is 17.7 Å². The third-order valence-corrected chi connectivity index (χ3v) is 5.60. The van der Waals surface area contributed by atoms with Crippen molar-refractivity contribution >= 4 is 21.8 Å². The van der Waals surface area contributed by atoms with Gasteiger partial charge < -0.3 is 9.15 Å². The Balaban J connectivity index is 1.55. The Morgan fingerprint density at radius 1 is 1.28 bits per heavy atom. The van der Waals surface area contributed by atoms with E-state index in [1.807, 2.05) is 6.92 Å². The number of hydrogen-bond donors (Lipinski definition) is 1. The molecule has 1 aliphatic rings. The first-order valence-corrected chi connectivity index (χ1v) is 9.63. The molecule has 2 heterocycles. The van der Waals surface area contributed by atoms with Gasteiger partial charge in [0.25, 0.3) is 0 Å². The smallest absolute Gasteiger partial charge is 0.322 e. The summed E-state index contributed by atoms with van der Waals surface area (Å²) in [6.45, 7) is 2.52. The molecule has 1 aromatic carbocycles. The molecule has 2 aromatic rings. The second kappa shape index (κ2) is 7.32. The Morgan fingerprint density at radius 3 is 2.72 bits per heavy atom. The fourth-order valence-electron chi connectivity index (χ4n) is 2.46. The third-order valence-electron chi connectivity index (χ3n) is 3.87. The van der Waals surface area contributed by atoms with E-state index in [0.29, 0.717) is 12.5 Å². The molecule has 0 saturated carbocycles. The van der Waals surface area contributed by atoms with Gasteiger partial charge in [0.15, 0.2) is 9.84 Å². The molecule has 1 atom stereocenters. The van der Waals surface area contributed by atoms with E-state index in [-0.39, 0.29) is 29.2 Å². The van der Waals surface area contributed by atoms with Gasteiger partial charge in [-0.3, -0.25) is 10.1 Å². The number of carbonyl (C=O) groups is 1. The molecular formula is C16H19N3O5S. The Hall–Kier alpha value is -2.26. The van der Waals surface area contributed by atoms with E-state index in [1.165, 1.54) is 12.1 Å². The van der Waals surface area contributed by atoms with E-state index < -0.39 is 15.7 Å². The van der Waals surface area contributed by atoms with Crippen LogP contribution in [0.15, 0.2) is 33.6 Å². The maximum atomic E-state index is 12.2. The molecule has 9 heteroatoms. The molecule has 1 unspecified atom stereocenters. The number of carbonyl (C=O) groups excluding carboxylic acids is 1. The van der Waals surface area contributed by atoms with Gasteiger partial charge in [-0.25, -0.2) is 8.42 Å². The van der Waals surface area contributed by atoms with Crippen LogP contribution in [0.25, 0.3) is 0 Å². The first-order chi connectivity index (χ1) is 11.9. The minimum absolute atomic E-state index is 0.0526. The van der Waals surface area contributed by atoms with Crippen LogP contribution in [0.2, 0.25) is 0 Å².